The summed E-state index contributed by atoms with van der Waals surface area (Å²) in [5.74, 6) is -0.282. The predicted molar refractivity (Wildman–Crippen MR) is 102 cm³/mol. The maximum atomic E-state index is 13.1. The van der Waals surface area contributed by atoms with Gasteiger partial charge in [0.05, 0.1) is 0 Å². The SMILES string of the molecule is Cc1cccc(C(=O)N[C@H](C(=O)N2CCN(C)CC2)c2ccccc2)c1. The van der Waals surface area contributed by atoms with Crippen LogP contribution in [0, 0.1) is 6.92 Å². The predicted octanol–water partition coefficient (Wildman–Crippen LogP) is 2.24. The number of amides is 2. The minimum atomic E-state index is -0.674. The minimum Gasteiger partial charge on any atom is -0.338 e. The summed E-state index contributed by atoms with van der Waals surface area (Å²) in [4.78, 5) is 29.9. The van der Waals surface area contributed by atoms with Crippen molar-refractivity contribution in [1.29, 1.82) is 0 Å². The molecule has 0 bridgehead atoms. The lowest BCUT2D eigenvalue weighted by Gasteiger charge is -2.35. The van der Waals surface area contributed by atoms with Gasteiger partial charge in [-0.05, 0) is 31.7 Å². The van der Waals surface area contributed by atoms with Gasteiger partial charge < -0.3 is 15.1 Å². The summed E-state index contributed by atoms with van der Waals surface area (Å²) in [6.45, 7) is 5.00. The Kier molecular flexibility index (Phi) is 5.68. The number of likely N-dealkylation sites (N-methyl/N-ethyl adjacent to an activating group) is 1. The van der Waals surface area contributed by atoms with Crippen LogP contribution in [0.3, 0.4) is 0 Å². The Bertz CT molecular complexity index is 768. The van der Waals surface area contributed by atoms with E-state index in [1.807, 2.05) is 60.4 Å². The van der Waals surface area contributed by atoms with Crippen molar-refractivity contribution in [3.63, 3.8) is 0 Å². The zero-order valence-electron chi connectivity index (χ0n) is 15.3. The van der Waals surface area contributed by atoms with Crippen LogP contribution in [-0.2, 0) is 4.79 Å². The summed E-state index contributed by atoms with van der Waals surface area (Å²) in [6, 6.07) is 16.2. The number of hydrogen-bond donors (Lipinski definition) is 1. The van der Waals surface area contributed by atoms with E-state index in [4.69, 9.17) is 0 Å². The first-order valence-corrected chi connectivity index (χ1v) is 8.94. The van der Waals surface area contributed by atoms with Crippen LogP contribution in [0.2, 0.25) is 0 Å². The highest BCUT2D eigenvalue weighted by Crippen LogP contribution is 2.18. The van der Waals surface area contributed by atoms with E-state index in [-0.39, 0.29) is 11.8 Å². The molecule has 0 aromatic heterocycles. The molecular formula is C21H25N3O2. The Balaban J connectivity index is 1.82. The lowest BCUT2D eigenvalue weighted by atomic mass is 10.0. The normalized spacial score (nSPS) is 16.2. The van der Waals surface area contributed by atoms with Crippen molar-refractivity contribution < 1.29 is 9.59 Å². The molecule has 136 valence electrons. The third kappa shape index (κ3) is 4.29. The average Bonchev–Trinajstić information content (AvgIpc) is 2.66. The lowest BCUT2D eigenvalue weighted by molar-refractivity contribution is -0.135. The quantitative estimate of drug-likeness (QED) is 0.919. The van der Waals surface area contributed by atoms with Gasteiger partial charge in [-0.2, -0.15) is 0 Å². The molecule has 2 aromatic carbocycles. The van der Waals surface area contributed by atoms with Crippen molar-refractivity contribution >= 4 is 11.8 Å². The van der Waals surface area contributed by atoms with Gasteiger partial charge in [-0.25, -0.2) is 0 Å². The van der Waals surface area contributed by atoms with Gasteiger partial charge in [-0.15, -0.1) is 0 Å². The Hall–Kier alpha value is -2.66. The van der Waals surface area contributed by atoms with Crippen molar-refractivity contribution in [2.75, 3.05) is 33.2 Å². The number of carbonyl (C=O) groups is 2. The number of nitrogens with zero attached hydrogens (tertiary/aromatic N) is 2. The Morgan fingerprint density at radius 2 is 1.65 bits per heavy atom. The first-order chi connectivity index (χ1) is 12.5. The molecule has 0 aliphatic carbocycles. The van der Waals surface area contributed by atoms with E-state index < -0.39 is 6.04 Å². The second-order valence-corrected chi connectivity index (χ2v) is 6.82. The molecule has 2 amide bonds. The second kappa shape index (κ2) is 8.15. The van der Waals surface area contributed by atoms with Gasteiger partial charge in [-0.1, -0.05) is 48.0 Å². The molecule has 1 aliphatic heterocycles. The third-order valence-corrected chi connectivity index (χ3v) is 4.75. The Morgan fingerprint density at radius 3 is 2.31 bits per heavy atom. The van der Waals surface area contributed by atoms with Gasteiger partial charge >= 0.3 is 0 Å². The summed E-state index contributed by atoms with van der Waals surface area (Å²) in [5, 5.41) is 2.94. The van der Waals surface area contributed by atoms with Crippen LogP contribution in [0.1, 0.15) is 27.5 Å². The highest BCUT2D eigenvalue weighted by molar-refractivity contribution is 5.98. The van der Waals surface area contributed by atoms with Gasteiger partial charge in [0.2, 0.25) is 5.91 Å². The van der Waals surface area contributed by atoms with E-state index in [0.717, 1.165) is 24.2 Å². The smallest absolute Gasteiger partial charge is 0.252 e. The molecule has 0 spiro atoms. The molecule has 0 unspecified atom stereocenters. The highest BCUT2D eigenvalue weighted by atomic mass is 16.2. The standard InChI is InChI=1S/C21H25N3O2/c1-16-7-6-10-18(15-16)20(25)22-19(17-8-4-3-5-9-17)21(26)24-13-11-23(2)12-14-24/h3-10,15,19H,11-14H2,1-2H3,(H,22,25)/t19-/m0/s1. The molecule has 1 saturated heterocycles. The number of benzene rings is 2. The number of carbonyl (C=O) groups excluding carboxylic acids is 2. The second-order valence-electron chi connectivity index (χ2n) is 6.82. The Morgan fingerprint density at radius 1 is 0.962 bits per heavy atom. The van der Waals surface area contributed by atoms with Gasteiger partial charge in [-0.3, -0.25) is 9.59 Å². The first-order valence-electron chi connectivity index (χ1n) is 8.94. The van der Waals surface area contributed by atoms with Gasteiger partial charge in [0.1, 0.15) is 6.04 Å². The molecule has 0 saturated carbocycles. The largest absolute Gasteiger partial charge is 0.338 e. The molecule has 26 heavy (non-hydrogen) atoms. The number of piperazine rings is 1. The lowest BCUT2D eigenvalue weighted by Crippen LogP contribution is -2.51. The maximum absolute atomic E-state index is 13.1. The maximum Gasteiger partial charge on any atom is 0.252 e. The van der Waals surface area contributed by atoms with Gasteiger partial charge in [0.15, 0.2) is 0 Å². The molecule has 2 aromatic rings. The van der Waals surface area contributed by atoms with Crippen LogP contribution < -0.4 is 5.32 Å². The van der Waals surface area contributed by atoms with Gasteiger partial charge in [0, 0.05) is 31.7 Å². The van der Waals surface area contributed by atoms with Crippen LogP contribution in [0.4, 0.5) is 0 Å². The monoisotopic (exact) mass is 351 g/mol. The summed E-state index contributed by atoms with van der Waals surface area (Å²) in [5.41, 5.74) is 2.38. The van der Waals surface area contributed by atoms with Crippen molar-refractivity contribution in [2.24, 2.45) is 0 Å². The van der Waals surface area contributed by atoms with Crippen LogP contribution >= 0.6 is 0 Å². The molecule has 5 heteroatoms. The van der Waals surface area contributed by atoms with Crippen LogP contribution in [-0.4, -0.2) is 54.8 Å². The average molecular weight is 351 g/mol. The number of nitrogens with one attached hydrogen (secondary N) is 1. The molecular weight excluding hydrogens is 326 g/mol. The summed E-state index contributed by atoms with van der Waals surface area (Å²) in [7, 11) is 2.05. The van der Waals surface area contributed by atoms with E-state index in [2.05, 4.69) is 17.3 Å². The summed E-state index contributed by atoms with van der Waals surface area (Å²) >= 11 is 0. The van der Waals surface area contributed by atoms with E-state index in [0.29, 0.717) is 18.7 Å². The summed E-state index contributed by atoms with van der Waals surface area (Å²) in [6.07, 6.45) is 0. The number of rotatable bonds is 4. The molecule has 3 rings (SSSR count). The molecule has 1 N–H and O–H groups in total. The topological polar surface area (TPSA) is 52.7 Å². The van der Waals surface area contributed by atoms with E-state index in [9.17, 15) is 9.59 Å². The fraction of sp³-hybridized carbons (Fsp3) is 0.333. The van der Waals surface area contributed by atoms with E-state index >= 15 is 0 Å². The fourth-order valence-electron chi connectivity index (χ4n) is 3.14. The van der Waals surface area contributed by atoms with Crippen molar-refractivity contribution in [2.45, 2.75) is 13.0 Å². The van der Waals surface area contributed by atoms with Crippen molar-refractivity contribution in [3.05, 3.63) is 71.3 Å². The third-order valence-electron chi connectivity index (χ3n) is 4.75. The van der Waals surface area contributed by atoms with Crippen molar-refractivity contribution in [3.8, 4) is 0 Å². The van der Waals surface area contributed by atoms with Crippen LogP contribution in [0.25, 0.3) is 0 Å². The van der Waals surface area contributed by atoms with E-state index in [1.54, 1.807) is 6.07 Å². The fourth-order valence-corrected chi connectivity index (χ4v) is 3.14. The first kappa shape index (κ1) is 18.1. The molecule has 1 aliphatic rings. The van der Waals surface area contributed by atoms with Crippen LogP contribution in [0.15, 0.2) is 54.6 Å². The van der Waals surface area contributed by atoms with E-state index in [1.165, 1.54) is 0 Å². The molecule has 1 fully saturated rings. The molecule has 1 atom stereocenters. The highest BCUT2D eigenvalue weighted by Gasteiger charge is 2.29. The molecule has 5 nitrogen and oxygen atoms in total. The zero-order chi connectivity index (χ0) is 18.5. The number of aryl methyl sites for hydroxylation is 1. The number of hydrogen-bond acceptors (Lipinski definition) is 3. The van der Waals surface area contributed by atoms with Gasteiger partial charge in [0.25, 0.3) is 5.91 Å². The minimum absolute atomic E-state index is 0.0506. The Labute approximate surface area is 154 Å². The van der Waals surface area contributed by atoms with Crippen molar-refractivity contribution in [1.82, 2.24) is 15.1 Å². The zero-order valence-corrected chi connectivity index (χ0v) is 15.3. The molecule has 1 heterocycles. The summed E-state index contributed by atoms with van der Waals surface area (Å²) < 4.78 is 0. The molecule has 0 radical (unpaired) electrons. The van der Waals surface area contributed by atoms with Crippen LogP contribution in [0.5, 0.6) is 0 Å².